The molecule has 0 N–H and O–H groups in total. The van der Waals surface area contributed by atoms with Gasteiger partial charge in [-0.2, -0.15) is 8.42 Å². The molecular weight excluding hydrogens is 236 g/mol. The van der Waals surface area contributed by atoms with E-state index in [9.17, 15) is 8.42 Å². The molecule has 1 aliphatic rings. The van der Waals surface area contributed by atoms with Gasteiger partial charge in [-0.25, -0.2) is 0 Å². The molecule has 0 saturated carbocycles. The molecule has 1 unspecified atom stereocenters. The molecule has 92 valence electrons. The summed E-state index contributed by atoms with van der Waals surface area (Å²) in [6.07, 6.45) is 5.44. The fourth-order valence-electron chi connectivity index (χ4n) is 2.11. The Morgan fingerprint density at radius 3 is 2.47 bits per heavy atom. The van der Waals surface area contributed by atoms with Crippen molar-refractivity contribution >= 4 is 10.1 Å². The lowest BCUT2D eigenvalue weighted by Gasteiger charge is -2.21. The highest BCUT2D eigenvalue weighted by molar-refractivity contribution is 7.86. The van der Waals surface area contributed by atoms with E-state index < -0.39 is 10.1 Å². The Kier molecular flexibility index (Phi) is 3.52. The van der Waals surface area contributed by atoms with Crippen LogP contribution in [-0.4, -0.2) is 14.7 Å². The zero-order chi connectivity index (χ0) is 12.3. The van der Waals surface area contributed by atoms with E-state index in [1.54, 1.807) is 0 Å². The molecular formula is C13H16O3S. The minimum Gasteiger partial charge on any atom is -0.387 e. The summed E-state index contributed by atoms with van der Waals surface area (Å²) in [6, 6.07) is 10.3. The van der Waals surface area contributed by atoms with Gasteiger partial charge in [-0.05, 0) is 30.4 Å². The number of allylic oxidation sites excluding steroid dienone is 2. The minimum absolute atomic E-state index is 0.475. The van der Waals surface area contributed by atoms with Crippen molar-refractivity contribution in [1.29, 1.82) is 0 Å². The number of hydrogen-bond donors (Lipinski definition) is 0. The first-order valence-electron chi connectivity index (χ1n) is 5.68. The van der Waals surface area contributed by atoms with Gasteiger partial charge < -0.3 is 4.18 Å². The second kappa shape index (κ2) is 4.92. The van der Waals surface area contributed by atoms with Gasteiger partial charge in [-0.3, -0.25) is 0 Å². The van der Waals surface area contributed by atoms with E-state index in [0.717, 1.165) is 19.1 Å². The van der Waals surface area contributed by atoms with Gasteiger partial charge in [0.2, 0.25) is 0 Å². The van der Waals surface area contributed by atoms with Crippen molar-refractivity contribution < 1.29 is 12.6 Å². The molecule has 1 aromatic carbocycles. The standard InChI is InChI=1S/C13H16O3S/c1-17(14,15)16-13-9-7-12(8-10-13)11-5-3-2-4-6-11/h2-6,9,12H,7-8,10H2,1H3. The van der Waals surface area contributed by atoms with Crippen LogP contribution in [0.1, 0.15) is 30.7 Å². The summed E-state index contributed by atoms with van der Waals surface area (Å²) in [5.41, 5.74) is 1.31. The SMILES string of the molecule is CS(=O)(=O)OC1=CCC(c2ccccc2)CC1. The zero-order valence-corrected chi connectivity index (χ0v) is 10.6. The molecule has 17 heavy (non-hydrogen) atoms. The van der Waals surface area contributed by atoms with E-state index >= 15 is 0 Å². The number of benzene rings is 1. The van der Waals surface area contributed by atoms with Crippen LogP contribution < -0.4 is 0 Å². The maximum atomic E-state index is 11.0. The quantitative estimate of drug-likeness (QED) is 0.777. The van der Waals surface area contributed by atoms with Crippen molar-refractivity contribution in [3.05, 3.63) is 47.7 Å². The fourth-order valence-corrected chi connectivity index (χ4v) is 2.65. The van der Waals surface area contributed by atoms with E-state index in [0.29, 0.717) is 18.1 Å². The summed E-state index contributed by atoms with van der Waals surface area (Å²) in [5.74, 6) is 1.06. The zero-order valence-electron chi connectivity index (χ0n) is 9.80. The van der Waals surface area contributed by atoms with Gasteiger partial charge >= 0.3 is 10.1 Å². The summed E-state index contributed by atoms with van der Waals surface area (Å²) < 4.78 is 26.9. The molecule has 0 fully saturated rings. The van der Waals surface area contributed by atoms with Crippen LogP contribution in [0.2, 0.25) is 0 Å². The van der Waals surface area contributed by atoms with E-state index in [-0.39, 0.29) is 0 Å². The Morgan fingerprint density at radius 1 is 1.24 bits per heavy atom. The minimum atomic E-state index is -3.37. The predicted molar refractivity (Wildman–Crippen MR) is 67.0 cm³/mol. The van der Waals surface area contributed by atoms with Gasteiger partial charge in [0.1, 0.15) is 5.76 Å². The fraction of sp³-hybridized carbons (Fsp3) is 0.385. The number of rotatable bonds is 3. The molecule has 1 aliphatic carbocycles. The summed E-state index contributed by atoms with van der Waals surface area (Å²) in [4.78, 5) is 0. The average molecular weight is 252 g/mol. The van der Waals surface area contributed by atoms with Gasteiger partial charge in [0, 0.05) is 6.42 Å². The molecule has 0 bridgehead atoms. The average Bonchev–Trinajstić information content (AvgIpc) is 2.29. The first kappa shape index (κ1) is 12.2. The molecule has 0 aromatic heterocycles. The highest BCUT2D eigenvalue weighted by atomic mass is 32.2. The van der Waals surface area contributed by atoms with Gasteiger partial charge in [0.25, 0.3) is 0 Å². The molecule has 0 amide bonds. The van der Waals surface area contributed by atoms with Crippen molar-refractivity contribution in [1.82, 2.24) is 0 Å². The van der Waals surface area contributed by atoms with Crippen LogP contribution in [0.3, 0.4) is 0 Å². The molecule has 0 saturated heterocycles. The van der Waals surface area contributed by atoms with E-state index in [1.807, 2.05) is 24.3 Å². The second-order valence-corrected chi connectivity index (χ2v) is 5.91. The predicted octanol–water partition coefficient (Wildman–Crippen LogP) is 2.81. The van der Waals surface area contributed by atoms with Crippen LogP contribution in [0.25, 0.3) is 0 Å². The summed E-state index contributed by atoms with van der Waals surface area (Å²) >= 11 is 0. The monoisotopic (exact) mass is 252 g/mol. The van der Waals surface area contributed by atoms with Crippen LogP contribution in [0.5, 0.6) is 0 Å². The van der Waals surface area contributed by atoms with Crippen molar-refractivity contribution in [3.8, 4) is 0 Å². The summed E-state index contributed by atoms with van der Waals surface area (Å²) in [6.45, 7) is 0. The first-order chi connectivity index (χ1) is 8.04. The van der Waals surface area contributed by atoms with Crippen molar-refractivity contribution in [3.63, 3.8) is 0 Å². The van der Waals surface area contributed by atoms with Crippen molar-refractivity contribution in [2.45, 2.75) is 25.2 Å². The molecule has 0 heterocycles. The van der Waals surface area contributed by atoms with E-state index in [4.69, 9.17) is 4.18 Å². The molecule has 0 spiro atoms. The normalized spacial score (nSPS) is 20.8. The Labute approximate surface area is 102 Å². The lowest BCUT2D eigenvalue weighted by Crippen LogP contribution is -2.09. The Morgan fingerprint density at radius 2 is 1.94 bits per heavy atom. The lowest BCUT2D eigenvalue weighted by molar-refractivity contribution is 0.371. The molecule has 0 aliphatic heterocycles. The van der Waals surface area contributed by atoms with E-state index in [1.165, 1.54) is 5.56 Å². The summed E-state index contributed by atoms with van der Waals surface area (Å²) in [5, 5.41) is 0. The largest absolute Gasteiger partial charge is 0.387 e. The molecule has 1 aromatic rings. The summed E-state index contributed by atoms with van der Waals surface area (Å²) in [7, 11) is -3.37. The van der Waals surface area contributed by atoms with Crippen LogP contribution in [0, 0.1) is 0 Å². The number of hydrogen-bond acceptors (Lipinski definition) is 3. The van der Waals surface area contributed by atoms with Gasteiger partial charge in [0.05, 0.1) is 6.26 Å². The highest BCUT2D eigenvalue weighted by Gasteiger charge is 2.18. The van der Waals surface area contributed by atoms with Gasteiger partial charge in [-0.15, -0.1) is 0 Å². The molecule has 0 radical (unpaired) electrons. The Bertz CT molecular complexity index is 503. The maximum Gasteiger partial charge on any atom is 0.305 e. The molecule has 2 rings (SSSR count). The highest BCUT2D eigenvalue weighted by Crippen LogP contribution is 2.32. The molecule has 3 nitrogen and oxygen atoms in total. The second-order valence-electron chi connectivity index (χ2n) is 4.34. The Balaban J connectivity index is 2.02. The molecule has 4 heteroatoms. The topological polar surface area (TPSA) is 43.4 Å². The van der Waals surface area contributed by atoms with Crippen LogP contribution >= 0.6 is 0 Å². The van der Waals surface area contributed by atoms with Crippen LogP contribution in [-0.2, 0) is 14.3 Å². The third kappa shape index (κ3) is 3.60. The third-order valence-electron chi connectivity index (χ3n) is 2.90. The third-order valence-corrected chi connectivity index (χ3v) is 3.42. The van der Waals surface area contributed by atoms with Gasteiger partial charge in [0.15, 0.2) is 0 Å². The van der Waals surface area contributed by atoms with Crippen molar-refractivity contribution in [2.75, 3.05) is 6.26 Å². The lowest BCUT2D eigenvalue weighted by atomic mass is 9.87. The van der Waals surface area contributed by atoms with Gasteiger partial charge in [-0.1, -0.05) is 30.3 Å². The smallest absolute Gasteiger partial charge is 0.305 e. The Hall–Kier alpha value is -1.29. The first-order valence-corrected chi connectivity index (χ1v) is 7.50. The van der Waals surface area contributed by atoms with Crippen LogP contribution in [0.15, 0.2) is 42.2 Å². The van der Waals surface area contributed by atoms with Crippen LogP contribution in [0.4, 0.5) is 0 Å². The molecule has 1 atom stereocenters. The maximum absolute atomic E-state index is 11.0. The van der Waals surface area contributed by atoms with Crippen molar-refractivity contribution in [2.24, 2.45) is 0 Å². The van der Waals surface area contributed by atoms with E-state index in [2.05, 4.69) is 12.1 Å².